The van der Waals surface area contributed by atoms with Crippen LogP contribution in [0.1, 0.15) is 0 Å². The highest BCUT2D eigenvalue weighted by atomic mass is 32.1. The molecule has 0 spiro atoms. The van der Waals surface area contributed by atoms with Crippen molar-refractivity contribution in [2.75, 3.05) is 4.90 Å². The van der Waals surface area contributed by atoms with Crippen LogP contribution in [0.5, 0.6) is 0 Å². The third kappa shape index (κ3) is 3.36. The summed E-state index contributed by atoms with van der Waals surface area (Å²) in [5.74, 6) is 0. The molecule has 41 heavy (non-hydrogen) atoms. The average molecular weight is 542 g/mol. The molecule has 0 radical (unpaired) electrons. The maximum absolute atomic E-state index is 6.18. The number of anilines is 3. The van der Waals surface area contributed by atoms with E-state index in [0.29, 0.717) is 0 Å². The van der Waals surface area contributed by atoms with E-state index in [4.69, 9.17) is 4.42 Å². The summed E-state index contributed by atoms with van der Waals surface area (Å²) in [5, 5.41) is 10.0. The van der Waals surface area contributed by atoms with Crippen molar-refractivity contribution in [1.82, 2.24) is 0 Å². The molecule has 2 nitrogen and oxygen atoms in total. The van der Waals surface area contributed by atoms with Crippen LogP contribution < -0.4 is 4.90 Å². The Labute approximate surface area is 240 Å². The first kappa shape index (κ1) is 22.7. The Hall–Kier alpha value is -5.12. The fraction of sp³-hybridized carbons (Fsp3) is 0. The second kappa shape index (κ2) is 8.69. The molecule has 9 aromatic rings. The number of nitrogens with zero attached hydrogens (tertiary/aromatic N) is 1. The van der Waals surface area contributed by atoms with Crippen molar-refractivity contribution in [3.05, 3.63) is 140 Å². The Morgan fingerprint density at radius 2 is 1.17 bits per heavy atom. The fourth-order valence-corrected chi connectivity index (χ4v) is 7.68. The molecular formula is C38H23NOS. The van der Waals surface area contributed by atoms with Crippen molar-refractivity contribution >= 4 is 92.1 Å². The van der Waals surface area contributed by atoms with Crippen LogP contribution in [0.4, 0.5) is 17.1 Å². The second-order valence-corrected chi connectivity index (χ2v) is 11.6. The van der Waals surface area contributed by atoms with Gasteiger partial charge in [-0.2, -0.15) is 0 Å². The molecular weight excluding hydrogens is 518 g/mol. The Morgan fingerprint density at radius 3 is 2.05 bits per heavy atom. The number of benzene rings is 7. The van der Waals surface area contributed by atoms with Gasteiger partial charge in [-0.25, -0.2) is 0 Å². The van der Waals surface area contributed by atoms with Gasteiger partial charge < -0.3 is 9.32 Å². The third-order valence-electron chi connectivity index (χ3n) is 8.22. The van der Waals surface area contributed by atoms with Gasteiger partial charge in [-0.3, -0.25) is 0 Å². The molecule has 0 fully saturated rings. The summed E-state index contributed by atoms with van der Waals surface area (Å²) in [6, 6.07) is 50.0. The number of hydrogen-bond donors (Lipinski definition) is 0. The normalized spacial score (nSPS) is 11.9. The van der Waals surface area contributed by atoms with E-state index in [1.165, 1.54) is 47.4 Å². The minimum absolute atomic E-state index is 0.902. The summed E-state index contributed by atoms with van der Waals surface area (Å²) in [5.41, 5.74) is 5.21. The number of furan rings is 1. The van der Waals surface area contributed by atoms with Crippen molar-refractivity contribution in [1.29, 1.82) is 0 Å². The smallest absolute Gasteiger partial charge is 0.135 e. The monoisotopic (exact) mass is 541 g/mol. The Bertz CT molecular complexity index is 2430. The van der Waals surface area contributed by atoms with E-state index in [9.17, 15) is 0 Å². The van der Waals surface area contributed by atoms with Gasteiger partial charge in [0.15, 0.2) is 0 Å². The van der Waals surface area contributed by atoms with Gasteiger partial charge in [0.25, 0.3) is 0 Å². The molecule has 0 saturated carbocycles. The zero-order valence-electron chi connectivity index (χ0n) is 22.0. The van der Waals surface area contributed by atoms with Crippen LogP contribution in [-0.4, -0.2) is 0 Å². The van der Waals surface area contributed by atoms with Crippen LogP contribution in [0.2, 0.25) is 0 Å². The van der Waals surface area contributed by atoms with E-state index in [2.05, 4.69) is 132 Å². The maximum atomic E-state index is 6.18. The largest absolute Gasteiger partial charge is 0.456 e. The van der Waals surface area contributed by atoms with Gasteiger partial charge in [0.1, 0.15) is 11.2 Å². The topological polar surface area (TPSA) is 16.4 Å². The Balaban J connectivity index is 1.38. The van der Waals surface area contributed by atoms with E-state index in [1.807, 2.05) is 23.5 Å². The molecule has 2 heterocycles. The van der Waals surface area contributed by atoms with Crippen molar-refractivity contribution in [2.45, 2.75) is 0 Å². The maximum Gasteiger partial charge on any atom is 0.135 e. The van der Waals surface area contributed by atoms with Crippen LogP contribution in [0.15, 0.2) is 144 Å². The summed E-state index contributed by atoms with van der Waals surface area (Å²) in [6.07, 6.45) is 0. The molecule has 7 aromatic carbocycles. The minimum atomic E-state index is 0.902. The highest BCUT2D eigenvalue weighted by molar-refractivity contribution is 7.27. The molecule has 0 bridgehead atoms. The first-order chi connectivity index (χ1) is 20.3. The first-order valence-electron chi connectivity index (χ1n) is 13.9. The third-order valence-corrected chi connectivity index (χ3v) is 9.41. The number of rotatable bonds is 3. The molecule has 0 aliphatic carbocycles. The highest BCUT2D eigenvalue weighted by Gasteiger charge is 2.20. The van der Waals surface area contributed by atoms with E-state index in [0.717, 1.165) is 33.3 Å². The summed E-state index contributed by atoms with van der Waals surface area (Å²) in [7, 11) is 0. The predicted molar refractivity (Wildman–Crippen MR) is 176 cm³/mol. The van der Waals surface area contributed by atoms with Gasteiger partial charge in [0.2, 0.25) is 0 Å². The van der Waals surface area contributed by atoms with Gasteiger partial charge in [-0.05, 0) is 58.6 Å². The van der Waals surface area contributed by atoms with Gasteiger partial charge >= 0.3 is 0 Å². The lowest BCUT2D eigenvalue weighted by atomic mass is 9.99. The standard InChI is InChI=1S/C38H23NOS/c1-2-11-25(12-3-1)39(26-19-21-35-32(22-26)29-15-8-9-17-34(29)40-35)33-23-36-37(30-16-7-6-14-28(30)33)31-20-18-24-10-4-5-13-27(24)38(31)41-36/h1-23H. The Morgan fingerprint density at radius 1 is 0.463 bits per heavy atom. The van der Waals surface area contributed by atoms with Crippen LogP contribution in [0.25, 0.3) is 63.7 Å². The molecule has 3 heteroatoms. The lowest BCUT2D eigenvalue weighted by Gasteiger charge is -2.27. The van der Waals surface area contributed by atoms with Crippen LogP contribution in [0, 0.1) is 0 Å². The summed E-state index contributed by atoms with van der Waals surface area (Å²) < 4.78 is 8.82. The van der Waals surface area contributed by atoms with Gasteiger partial charge in [-0.1, -0.05) is 97.1 Å². The van der Waals surface area contributed by atoms with Crippen molar-refractivity contribution in [3.8, 4) is 0 Å². The summed E-state index contributed by atoms with van der Waals surface area (Å²) in [4.78, 5) is 2.39. The second-order valence-electron chi connectivity index (χ2n) is 10.5. The number of fused-ring (bicyclic) bond motifs is 10. The Kier molecular flexibility index (Phi) is 4.80. The van der Waals surface area contributed by atoms with E-state index < -0.39 is 0 Å². The quantitative estimate of drug-likeness (QED) is 0.221. The molecule has 0 atom stereocenters. The molecule has 0 unspecified atom stereocenters. The number of thiophene rings is 1. The fourth-order valence-electron chi connectivity index (χ4n) is 6.39. The molecule has 2 aromatic heterocycles. The van der Waals surface area contributed by atoms with Gasteiger partial charge in [0, 0.05) is 47.7 Å². The predicted octanol–water partition coefficient (Wildman–Crippen LogP) is 11.7. The van der Waals surface area contributed by atoms with Crippen molar-refractivity contribution < 1.29 is 4.42 Å². The summed E-state index contributed by atoms with van der Waals surface area (Å²) >= 11 is 1.89. The minimum Gasteiger partial charge on any atom is -0.456 e. The molecule has 0 aliphatic heterocycles. The number of para-hydroxylation sites is 2. The van der Waals surface area contributed by atoms with E-state index in [1.54, 1.807) is 0 Å². The van der Waals surface area contributed by atoms with Crippen molar-refractivity contribution in [2.24, 2.45) is 0 Å². The van der Waals surface area contributed by atoms with E-state index >= 15 is 0 Å². The molecule has 0 saturated heterocycles. The summed E-state index contributed by atoms with van der Waals surface area (Å²) in [6.45, 7) is 0. The van der Waals surface area contributed by atoms with Gasteiger partial charge in [-0.15, -0.1) is 11.3 Å². The number of hydrogen-bond acceptors (Lipinski definition) is 3. The first-order valence-corrected chi connectivity index (χ1v) is 14.7. The van der Waals surface area contributed by atoms with E-state index in [-0.39, 0.29) is 0 Å². The average Bonchev–Trinajstić information content (AvgIpc) is 3.60. The van der Waals surface area contributed by atoms with Crippen molar-refractivity contribution in [3.63, 3.8) is 0 Å². The molecule has 0 aliphatic rings. The lowest BCUT2D eigenvalue weighted by Crippen LogP contribution is -2.10. The van der Waals surface area contributed by atoms with Crippen LogP contribution in [-0.2, 0) is 0 Å². The highest BCUT2D eigenvalue weighted by Crippen LogP contribution is 2.48. The molecule has 0 amide bonds. The molecule has 0 N–H and O–H groups in total. The van der Waals surface area contributed by atoms with Gasteiger partial charge in [0.05, 0.1) is 5.69 Å². The lowest BCUT2D eigenvalue weighted by molar-refractivity contribution is 0.669. The molecule has 9 rings (SSSR count). The van der Waals surface area contributed by atoms with Crippen LogP contribution >= 0.6 is 11.3 Å². The zero-order valence-corrected chi connectivity index (χ0v) is 22.9. The zero-order chi connectivity index (χ0) is 26.9. The molecule has 192 valence electrons. The SMILES string of the molecule is c1ccc(N(c2ccc3oc4ccccc4c3c2)c2cc3sc4c5ccccc5ccc4c3c3ccccc23)cc1. The van der Waals surface area contributed by atoms with Crippen LogP contribution in [0.3, 0.4) is 0 Å².